The summed E-state index contributed by atoms with van der Waals surface area (Å²) in [5.41, 5.74) is 0.520. The van der Waals surface area contributed by atoms with Gasteiger partial charge in [-0.05, 0) is 47.0 Å². The zero-order valence-electron chi connectivity index (χ0n) is 11.1. The van der Waals surface area contributed by atoms with Crippen molar-refractivity contribution in [3.63, 3.8) is 0 Å². The fourth-order valence-corrected chi connectivity index (χ4v) is 4.14. The number of rotatable bonds is 3. The van der Waals surface area contributed by atoms with E-state index in [0.29, 0.717) is 28.6 Å². The Morgan fingerprint density at radius 3 is 2.55 bits per heavy atom. The Hall–Kier alpha value is -1.08. The van der Waals surface area contributed by atoms with Gasteiger partial charge in [0.15, 0.2) is 0 Å². The topological polar surface area (TPSA) is 72.5 Å². The predicted molar refractivity (Wildman–Crippen MR) is 79.8 cm³/mol. The van der Waals surface area contributed by atoms with Gasteiger partial charge in [0.05, 0.1) is 23.1 Å². The van der Waals surface area contributed by atoms with Crippen LogP contribution in [0.15, 0.2) is 22.7 Å². The Bertz CT molecular complexity index is 601. The summed E-state index contributed by atoms with van der Waals surface area (Å²) in [6.07, 6.45) is 0.955. The lowest BCUT2D eigenvalue weighted by Crippen LogP contribution is -2.40. The van der Waals surface area contributed by atoms with Crippen LogP contribution in [0.5, 0.6) is 5.75 Å². The minimum Gasteiger partial charge on any atom is -0.496 e. The van der Waals surface area contributed by atoms with E-state index in [0.717, 1.165) is 0 Å². The standard InChI is InChI=1S/C13H16BrNO4S/c1-19-12-3-2-9(8-11(12)14)13(16)15-10-4-6-20(17,18)7-5-10/h2-3,8,10H,4-7H2,1H3,(H,15,16). The third-order valence-corrected chi connectivity index (χ3v) is 5.64. The third kappa shape index (κ3) is 3.73. The summed E-state index contributed by atoms with van der Waals surface area (Å²) in [6.45, 7) is 0. The second-order valence-corrected chi connectivity index (χ2v) is 7.91. The van der Waals surface area contributed by atoms with Crippen molar-refractivity contribution < 1.29 is 17.9 Å². The van der Waals surface area contributed by atoms with Crippen LogP contribution in [0, 0.1) is 0 Å². The van der Waals surface area contributed by atoms with E-state index < -0.39 is 9.84 Å². The molecular formula is C13H16BrNO4S. The molecule has 1 N–H and O–H groups in total. The van der Waals surface area contributed by atoms with Crippen molar-refractivity contribution in [2.45, 2.75) is 18.9 Å². The van der Waals surface area contributed by atoms with Crippen LogP contribution in [-0.4, -0.2) is 39.0 Å². The molecule has 1 aliphatic rings. The van der Waals surface area contributed by atoms with Gasteiger partial charge in [-0.25, -0.2) is 8.42 Å². The quantitative estimate of drug-likeness (QED) is 0.890. The fraction of sp³-hybridized carbons (Fsp3) is 0.462. The van der Waals surface area contributed by atoms with E-state index in [-0.39, 0.29) is 23.5 Å². The van der Waals surface area contributed by atoms with E-state index >= 15 is 0 Å². The van der Waals surface area contributed by atoms with Gasteiger partial charge in [0.1, 0.15) is 15.6 Å². The molecule has 0 atom stereocenters. The molecule has 0 radical (unpaired) electrons. The molecule has 110 valence electrons. The van der Waals surface area contributed by atoms with Crippen LogP contribution >= 0.6 is 15.9 Å². The van der Waals surface area contributed by atoms with Gasteiger partial charge in [-0.2, -0.15) is 0 Å². The number of benzene rings is 1. The Morgan fingerprint density at radius 1 is 1.35 bits per heavy atom. The highest BCUT2D eigenvalue weighted by Gasteiger charge is 2.25. The maximum absolute atomic E-state index is 12.1. The number of hydrogen-bond acceptors (Lipinski definition) is 4. The molecule has 1 aromatic carbocycles. The summed E-state index contributed by atoms with van der Waals surface area (Å²) < 4.78 is 28.5. The fourth-order valence-electron chi connectivity index (χ4n) is 2.11. The summed E-state index contributed by atoms with van der Waals surface area (Å²) in [5, 5.41) is 2.87. The molecule has 0 aliphatic carbocycles. The number of sulfone groups is 1. The first-order chi connectivity index (χ1) is 9.41. The lowest BCUT2D eigenvalue weighted by Gasteiger charge is -2.23. The van der Waals surface area contributed by atoms with Crippen molar-refractivity contribution in [1.29, 1.82) is 0 Å². The Kier molecular flexibility index (Phi) is 4.70. The zero-order valence-corrected chi connectivity index (χ0v) is 13.5. The van der Waals surface area contributed by atoms with E-state index in [1.807, 2.05) is 0 Å². The lowest BCUT2D eigenvalue weighted by atomic mass is 10.1. The molecular weight excluding hydrogens is 346 g/mol. The molecule has 1 amide bonds. The smallest absolute Gasteiger partial charge is 0.251 e. The van der Waals surface area contributed by atoms with E-state index in [9.17, 15) is 13.2 Å². The van der Waals surface area contributed by atoms with E-state index in [4.69, 9.17) is 4.74 Å². The minimum absolute atomic E-state index is 0.0769. The molecule has 1 fully saturated rings. The normalized spacial score (nSPS) is 18.5. The molecule has 2 rings (SSSR count). The Morgan fingerprint density at radius 2 is 2.00 bits per heavy atom. The molecule has 0 aromatic heterocycles. The number of nitrogens with one attached hydrogen (secondary N) is 1. The first-order valence-corrected chi connectivity index (χ1v) is 8.87. The number of amides is 1. The molecule has 0 spiro atoms. The monoisotopic (exact) mass is 361 g/mol. The molecule has 1 aliphatic heterocycles. The maximum Gasteiger partial charge on any atom is 0.251 e. The van der Waals surface area contributed by atoms with Crippen molar-refractivity contribution in [1.82, 2.24) is 5.32 Å². The van der Waals surface area contributed by atoms with Crippen LogP contribution in [0.3, 0.4) is 0 Å². The van der Waals surface area contributed by atoms with Crippen molar-refractivity contribution in [3.05, 3.63) is 28.2 Å². The van der Waals surface area contributed by atoms with Crippen LogP contribution in [0.4, 0.5) is 0 Å². The molecule has 0 unspecified atom stereocenters. The van der Waals surface area contributed by atoms with Gasteiger partial charge < -0.3 is 10.1 Å². The summed E-state index contributed by atoms with van der Waals surface area (Å²) in [7, 11) is -1.35. The molecule has 20 heavy (non-hydrogen) atoms. The van der Waals surface area contributed by atoms with Crippen molar-refractivity contribution >= 4 is 31.7 Å². The predicted octanol–water partition coefficient (Wildman–Crippen LogP) is 1.76. The first kappa shape index (κ1) is 15.3. The van der Waals surface area contributed by atoms with Crippen LogP contribution < -0.4 is 10.1 Å². The highest BCUT2D eigenvalue weighted by atomic mass is 79.9. The summed E-state index contributed by atoms with van der Waals surface area (Å²) in [6, 6.07) is 5.00. The van der Waals surface area contributed by atoms with Crippen LogP contribution in [0.1, 0.15) is 23.2 Å². The average Bonchev–Trinajstić information content (AvgIpc) is 2.41. The molecule has 1 heterocycles. The van der Waals surface area contributed by atoms with Crippen LogP contribution in [0.2, 0.25) is 0 Å². The first-order valence-electron chi connectivity index (χ1n) is 6.26. The SMILES string of the molecule is COc1ccc(C(=O)NC2CCS(=O)(=O)CC2)cc1Br. The van der Waals surface area contributed by atoms with E-state index in [1.165, 1.54) is 0 Å². The summed E-state index contributed by atoms with van der Waals surface area (Å²) in [5.74, 6) is 0.747. The highest BCUT2D eigenvalue weighted by Crippen LogP contribution is 2.25. The van der Waals surface area contributed by atoms with Gasteiger partial charge in [-0.3, -0.25) is 4.79 Å². The molecule has 5 nitrogen and oxygen atoms in total. The van der Waals surface area contributed by atoms with Gasteiger partial charge >= 0.3 is 0 Å². The van der Waals surface area contributed by atoms with Gasteiger partial charge in [-0.1, -0.05) is 0 Å². The van der Waals surface area contributed by atoms with Gasteiger partial charge in [-0.15, -0.1) is 0 Å². The maximum atomic E-state index is 12.1. The Balaban J connectivity index is 2.00. The van der Waals surface area contributed by atoms with Crippen molar-refractivity contribution in [3.8, 4) is 5.75 Å². The van der Waals surface area contributed by atoms with Crippen molar-refractivity contribution in [2.75, 3.05) is 18.6 Å². The summed E-state index contributed by atoms with van der Waals surface area (Å²) >= 11 is 3.33. The zero-order chi connectivity index (χ0) is 14.8. The number of methoxy groups -OCH3 is 1. The van der Waals surface area contributed by atoms with Crippen molar-refractivity contribution in [2.24, 2.45) is 0 Å². The van der Waals surface area contributed by atoms with E-state index in [1.54, 1.807) is 25.3 Å². The lowest BCUT2D eigenvalue weighted by molar-refractivity contribution is 0.0934. The molecule has 1 aromatic rings. The minimum atomic E-state index is -2.91. The molecule has 0 bridgehead atoms. The number of ether oxygens (including phenoxy) is 1. The van der Waals surface area contributed by atoms with Gasteiger partial charge in [0.25, 0.3) is 5.91 Å². The Labute approximate surface area is 126 Å². The summed E-state index contributed by atoms with van der Waals surface area (Å²) in [4.78, 5) is 12.1. The number of hydrogen-bond donors (Lipinski definition) is 1. The second-order valence-electron chi connectivity index (χ2n) is 4.75. The van der Waals surface area contributed by atoms with Crippen LogP contribution in [0.25, 0.3) is 0 Å². The molecule has 1 saturated heterocycles. The third-order valence-electron chi connectivity index (χ3n) is 3.30. The second kappa shape index (κ2) is 6.13. The van der Waals surface area contributed by atoms with E-state index in [2.05, 4.69) is 21.2 Å². The molecule has 0 saturated carbocycles. The average molecular weight is 362 g/mol. The van der Waals surface area contributed by atoms with Gasteiger partial charge in [0, 0.05) is 11.6 Å². The largest absolute Gasteiger partial charge is 0.496 e. The molecule has 7 heteroatoms. The van der Waals surface area contributed by atoms with Gasteiger partial charge in [0.2, 0.25) is 0 Å². The highest BCUT2D eigenvalue weighted by molar-refractivity contribution is 9.10. The number of halogens is 1. The number of carbonyl (C=O) groups is 1. The number of carbonyl (C=O) groups excluding carboxylic acids is 1. The van der Waals surface area contributed by atoms with Crippen LogP contribution in [-0.2, 0) is 9.84 Å².